The van der Waals surface area contributed by atoms with Gasteiger partial charge in [0.1, 0.15) is 11.4 Å². The molecule has 0 saturated carbocycles. The van der Waals surface area contributed by atoms with Crippen LogP contribution < -0.4 is 4.74 Å². The van der Waals surface area contributed by atoms with Crippen LogP contribution in [0.15, 0.2) is 54.9 Å². The molecule has 0 unspecified atom stereocenters. The van der Waals surface area contributed by atoms with Crippen LogP contribution in [0.3, 0.4) is 0 Å². The number of hydrogen-bond donors (Lipinski definition) is 0. The molecule has 2 aromatic carbocycles. The third-order valence-corrected chi connectivity index (χ3v) is 4.94. The van der Waals surface area contributed by atoms with E-state index in [1.165, 1.54) is 11.3 Å². The molecular formula is C21H18N4O. The van der Waals surface area contributed by atoms with Gasteiger partial charge in [0.2, 0.25) is 0 Å². The van der Waals surface area contributed by atoms with Crippen LogP contribution in [0.1, 0.15) is 12.1 Å². The summed E-state index contributed by atoms with van der Waals surface area (Å²) in [4.78, 5) is 8.84. The zero-order valence-electron chi connectivity index (χ0n) is 14.5. The molecule has 0 aliphatic carbocycles. The molecule has 0 spiro atoms. The summed E-state index contributed by atoms with van der Waals surface area (Å²) >= 11 is 0. The molecule has 4 aromatic rings. The van der Waals surface area contributed by atoms with E-state index in [0.717, 1.165) is 53.0 Å². The van der Waals surface area contributed by atoms with Gasteiger partial charge in [0.25, 0.3) is 0 Å². The molecule has 0 atom stereocenters. The highest BCUT2D eigenvalue weighted by molar-refractivity contribution is 5.88. The van der Waals surface area contributed by atoms with E-state index >= 15 is 0 Å². The van der Waals surface area contributed by atoms with Gasteiger partial charge in [0.15, 0.2) is 0 Å². The van der Waals surface area contributed by atoms with Gasteiger partial charge >= 0.3 is 0 Å². The third-order valence-electron chi connectivity index (χ3n) is 4.94. The van der Waals surface area contributed by atoms with Gasteiger partial charge in [-0.2, -0.15) is 5.10 Å². The van der Waals surface area contributed by atoms with Gasteiger partial charge in [-0.15, -0.1) is 0 Å². The summed E-state index contributed by atoms with van der Waals surface area (Å²) in [7, 11) is 1.69. The largest absolute Gasteiger partial charge is 0.497 e. The molecule has 0 radical (unpaired) electrons. The SMILES string of the molecule is COc1cccc(-c2nn3c(c2-c2ccc4nccnc4c2)CCC3)c1. The molecule has 1 aliphatic heterocycles. The highest BCUT2D eigenvalue weighted by Crippen LogP contribution is 2.38. The Bertz CT molecular complexity index is 1120. The van der Waals surface area contributed by atoms with Crippen LogP contribution >= 0.6 is 0 Å². The molecule has 0 amide bonds. The molecule has 0 N–H and O–H groups in total. The van der Waals surface area contributed by atoms with Gasteiger partial charge in [0, 0.05) is 35.8 Å². The predicted molar refractivity (Wildman–Crippen MR) is 101 cm³/mol. The molecule has 5 nitrogen and oxygen atoms in total. The van der Waals surface area contributed by atoms with Crippen molar-refractivity contribution in [1.29, 1.82) is 0 Å². The van der Waals surface area contributed by atoms with E-state index in [4.69, 9.17) is 9.84 Å². The molecule has 0 saturated heterocycles. The summed E-state index contributed by atoms with van der Waals surface area (Å²) in [5.41, 5.74) is 7.51. The van der Waals surface area contributed by atoms with Crippen LogP contribution in [-0.4, -0.2) is 26.9 Å². The topological polar surface area (TPSA) is 52.8 Å². The minimum absolute atomic E-state index is 0.839. The summed E-state index contributed by atoms with van der Waals surface area (Å²) < 4.78 is 7.55. The average molecular weight is 342 g/mol. The lowest BCUT2D eigenvalue weighted by atomic mass is 9.97. The van der Waals surface area contributed by atoms with Crippen molar-refractivity contribution < 1.29 is 4.74 Å². The van der Waals surface area contributed by atoms with Gasteiger partial charge in [-0.25, -0.2) is 0 Å². The van der Waals surface area contributed by atoms with Crippen LogP contribution in [0.25, 0.3) is 33.4 Å². The number of nitrogens with zero attached hydrogens (tertiary/aromatic N) is 4. The summed E-state index contributed by atoms with van der Waals surface area (Å²) in [5, 5.41) is 4.92. The van der Waals surface area contributed by atoms with Gasteiger partial charge in [-0.3, -0.25) is 14.6 Å². The molecule has 3 heterocycles. The molecule has 0 bridgehead atoms. The second kappa shape index (κ2) is 5.95. The number of aromatic nitrogens is 4. The van der Waals surface area contributed by atoms with Crippen molar-refractivity contribution >= 4 is 11.0 Å². The Labute approximate surface area is 151 Å². The minimum atomic E-state index is 0.839. The quantitative estimate of drug-likeness (QED) is 0.562. The summed E-state index contributed by atoms with van der Waals surface area (Å²) in [6, 6.07) is 14.4. The number of benzene rings is 2. The van der Waals surface area contributed by atoms with Crippen LogP contribution in [-0.2, 0) is 13.0 Å². The van der Waals surface area contributed by atoms with E-state index in [2.05, 4.69) is 32.8 Å². The first kappa shape index (κ1) is 15.1. The second-order valence-electron chi connectivity index (χ2n) is 6.49. The highest BCUT2D eigenvalue weighted by Gasteiger charge is 2.24. The molecule has 0 fully saturated rings. The zero-order chi connectivity index (χ0) is 17.5. The zero-order valence-corrected chi connectivity index (χ0v) is 14.5. The molecule has 5 heteroatoms. The second-order valence-corrected chi connectivity index (χ2v) is 6.49. The number of fused-ring (bicyclic) bond motifs is 2. The van der Waals surface area contributed by atoms with Crippen molar-refractivity contribution in [3.05, 3.63) is 60.6 Å². The maximum Gasteiger partial charge on any atom is 0.119 e. The van der Waals surface area contributed by atoms with Crippen LogP contribution in [0.2, 0.25) is 0 Å². The molecule has 5 rings (SSSR count). The van der Waals surface area contributed by atoms with E-state index < -0.39 is 0 Å². The van der Waals surface area contributed by atoms with Crippen molar-refractivity contribution in [3.8, 4) is 28.1 Å². The summed E-state index contributed by atoms with van der Waals surface area (Å²) in [6.07, 6.45) is 5.64. The first-order valence-corrected chi connectivity index (χ1v) is 8.79. The van der Waals surface area contributed by atoms with Gasteiger partial charge < -0.3 is 4.74 Å². The number of aryl methyl sites for hydroxylation is 1. The standard InChI is InChI=1S/C21H18N4O/c1-26-16-5-2-4-15(12-16)21-20(19-6-3-11-25(19)24-21)14-7-8-17-18(13-14)23-10-9-22-17/h2,4-5,7-10,12-13H,3,6,11H2,1H3. The van der Waals surface area contributed by atoms with Crippen LogP contribution in [0.5, 0.6) is 5.75 Å². The Kier molecular flexibility index (Phi) is 3.45. The highest BCUT2D eigenvalue weighted by atomic mass is 16.5. The fourth-order valence-corrected chi connectivity index (χ4v) is 3.73. The Morgan fingerprint density at radius 3 is 2.73 bits per heavy atom. The van der Waals surface area contributed by atoms with Gasteiger partial charge in [-0.05, 0) is 42.7 Å². The molecule has 128 valence electrons. The lowest BCUT2D eigenvalue weighted by molar-refractivity contribution is 0.415. The van der Waals surface area contributed by atoms with E-state index in [0.29, 0.717) is 0 Å². The number of rotatable bonds is 3. The van der Waals surface area contributed by atoms with Crippen molar-refractivity contribution in [2.45, 2.75) is 19.4 Å². The Hall–Kier alpha value is -3.21. The van der Waals surface area contributed by atoms with Crippen molar-refractivity contribution in [1.82, 2.24) is 19.7 Å². The number of ether oxygens (including phenoxy) is 1. The Balaban J connectivity index is 1.74. The van der Waals surface area contributed by atoms with Crippen LogP contribution in [0.4, 0.5) is 0 Å². The maximum atomic E-state index is 5.40. The minimum Gasteiger partial charge on any atom is -0.497 e. The average Bonchev–Trinajstić information content (AvgIpc) is 3.29. The van der Waals surface area contributed by atoms with E-state index in [-0.39, 0.29) is 0 Å². The smallest absolute Gasteiger partial charge is 0.119 e. The normalized spacial score (nSPS) is 13.1. The lowest BCUT2D eigenvalue weighted by Gasteiger charge is -2.08. The van der Waals surface area contributed by atoms with E-state index in [1.807, 2.05) is 24.3 Å². The van der Waals surface area contributed by atoms with Crippen molar-refractivity contribution in [2.24, 2.45) is 0 Å². The van der Waals surface area contributed by atoms with Gasteiger partial charge in [0.05, 0.1) is 18.1 Å². The maximum absolute atomic E-state index is 5.40. The third kappa shape index (κ3) is 2.36. The Morgan fingerprint density at radius 1 is 0.962 bits per heavy atom. The lowest BCUT2D eigenvalue weighted by Crippen LogP contribution is -1.94. The molecule has 1 aliphatic rings. The summed E-state index contributed by atoms with van der Waals surface area (Å²) in [6.45, 7) is 0.972. The van der Waals surface area contributed by atoms with Crippen LogP contribution in [0, 0.1) is 0 Å². The fraction of sp³-hybridized carbons (Fsp3) is 0.190. The monoisotopic (exact) mass is 342 g/mol. The number of methoxy groups -OCH3 is 1. The number of hydrogen-bond acceptors (Lipinski definition) is 4. The predicted octanol–water partition coefficient (Wildman–Crippen LogP) is 4.12. The first-order valence-electron chi connectivity index (χ1n) is 8.79. The first-order chi connectivity index (χ1) is 12.8. The van der Waals surface area contributed by atoms with E-state index in [9.17, 15) is 0 Å². The summed E-state index contributed by atoms with van der Waals surface area (Å²) in [5.74, 6) is 0.839. The van der Waals surface area contributed by atoms with Gasteiger partial charge in [-0.1, -0.05) is 18.2 Å². The van der Waals surface area contributed by atoms with Crippen molar-refractivity contribution in [2.75, 3.05) is 7.11 Å². The Morgan fingerprint density at radius 2 is 1.85 bits per heavy atom. The molecule has 26 heavy (non-hydrogen) atoms. The fourth-order valence-electron chi connectivity index (χ4n) is 3.73. The molecular weight excluding hydrogens is 324 g/mol. The van der Waals surface area contributed by atoms with Crippen molar-refractivity contribution in [3.63, 3.8) is 0 Å². The molecule has 2 aromatic heterocycles. The van der Waals surface area contributed by atoms with E-state index in [1.54, 1.807) is 19.5 Å².